The number of benzene rings is 9. The normalized spacial score (nSPS) is 13.6. The summed E-state index contributed by atoms with van der Waals surface area (Å²) in [6, 6.07) is 74.2. The van der Waals surface area contributed by atoms with E-state index in [-0.39, 0.29) is 38.3 Å². The van der Waals surface area contributed by atoms with Crippen molar-refractivity contribution in [1.82, 2.24) is 0 Å². The Bertz CT molecular complexity index is 2990. The molecule has 9 rings (SSSR count). The van der Waals surface area contributed by atoms with E-state index in [2.05, 4.69) is 170 Å². The molecule has 0 saturated heterocycles. The molecule has 0 saturated carbocycles. The van der Waals surface area contributed by atoms with Crippen molar-refractivity contribution in [2.75, 3.05) is 82.3 Å². The molecule has 11 heteroatoms. The summed E-state index contributed by atoms with van der Waals surface area (Å²) in [7, 11) is 8.25. The topological polar surface area (TPSA) is 72.5 Å². The fourth-order valence-electron chi connectivity index (χ4n) is 10.6. The average Bonchev–Trinajstić information content (AvgIpc) is 3.46. The molecular formula is C66H75N3O7P+3. The van der Waals surface area contributed by atoms with Gasteiger partial charge in [0.05, 0.1) is 62.1 Å². The second-order valence-electron chi connectivity index (χ2n) is 21.7. The third kappa shape index (κ3) is 14.0. The number of phosphoric ester groups is 1. The molecule has 0 aliphatic heterocycles. The van der Waals surface area contributed by atoms with E-state index in [0.29, 0.717) is 52.5 Å². The Morgan fingerprint density at radius 1 is 0.325 bits per heavy atom. The fraction of sp³-hybridized carbons (Fsp3) is 0.273. The van der Waals surface area contributed by atoms with Crippen LogP contribution in [0.5, 0.6) is 17.2 Å². The van der Waals surface area contributed by atoms with Crippen LogP contribution >= 0.6 is 7.82 Å². The number of hydrogen-bond donors (Lipinski definition) is 0. The predicted octanol–water partition coefficient (Wildman–Crippen LogP) is 15.3. The maximum atomic E-state index is 15.8. The van der Waals surface area contributed by atoms with Crippen LogP contribution in [0.25, 0.3) is 32.3 Å². The van der Waals surface area contributed by atoms with Gasteiger partial charge in [-0.1, -0.05) is 200 Å². The van der Waals surface area contributed by atoms with E-state index in [0.717, 1.165) is 66.3 Å². The molecule has 9 aromatic carbocycles. The van der Waals surface area contributed by atoms with Crippen molar-refractivity contribution >= 4 is 40.1 Å². The molecule has 398 valence electrons. The summed E-state index contributed by atoms with van der Waals surface area (Å²) in [5, 5.41) is 6.59. The largest absolute Gasteiger partial charge is 0.493 e. The molecule has 0 aliphatic rings. The smallest absolute Gasteiger partial charge is 0.488 e. The van der Waals surface area contributed by atoms with Gasteiger partial charge in [-0.25, -0.2) is 18.1 Å². The zero-order valence-electron chi connectivity index (χ0n) is 45.5. The first-order chi connectivity index (χ1) is 37.3. The van der Waals surface area contributed by atoms with Gasteiger partial charge in [-0.3, -0.25) is 13.4 Å². The van der Waals surface area contributed by atoms with Crippen molar-refractivity contribution in [2.24, 2.45) is 0 Å². The van der Waals surface area contributed by atoms with Crippen molar-refractivity contribution < 1.29 is 45.8 Å². The minimum absolute atomic E-state index is 0.0218. The highest BCUT2D eigenvalue weighted by atomic mass is 31.2. The van der Waals surface area contributed by atoms with Crippen LogP contribution < -0.4 is 14.2 Å². The van der Waals surface area contributed by atoms with E-state index < -0.39 is 7.82 Å². The van der Waals surface area contributed by atoms with E-state index >= 15 is 4.57 Å². The van der Waals surface area contributed by atoms with Gasteiger partial charge in [0.15, 0.2) is 20.2 Å². The Balaban J connectivity index is 0.967. The van der Waals surface area contributed by atoms with Crippen molar-refractivity contribution in [3.63, 3.8) is 0 Å². The molecule has 9 aromatic rings. The number of quaternary nitrogens is 3. The van der Waals surface area contributed by atoms with Crippen LogP contribution in [0.3, 0.4) is 0 Å². The Morgan fingerprint density at radius 2 is 0.571 bits per heavy atom. The van der Waals surface area contributed by atoms with E-state index in [9.17, 15) is 0 Å². The standard InChI is InChI=1S/C66H75N3O7P/c1-67(2,61(55-28-10-7-11-29-55)43-46-71-64-40-22-34-52-25-16-19-37-58(52)64)49-74-77(70,75-50-68(3,4)62(56-30-12-8-13-31-56)44-47-72-65-41-23-35-53-26-17-20-38-59(53)65)76-51-69(5,6)63(57-32-14-9-15-33-57)45-48-73-66-42-24-36-54-27-18-21-39-60(54)66/h7-42,61-63H,43-51H2,1-6H3/q+3/t61-,62-,63-/m0/s1. The third-order valence-corrected chi connectivity index (χ3v) is 16.2. The average molecular weight is 1050 g/mol. The van der Waals surface area contributed by atoms with Gasteiger partial charge in [0.1, 0.15) is 35.4 Å². The Kier molecular flexibility index (Phi) is 17.9. The number of phosphoric acid groups is 1. The van der Waals surface area contributed by atoms with Crippen molar-refractivity contribution in [2.45, 2.75) is 37.4 Å². The van der Waals surface area contributed by atoms with Crippen LogP contribution in [-0.2, 0) is 18.1 Å². The van der Waals surface area contributed by atoms with Crippen LogP contribution in [-0.4, -0.2) is 95.7 Å². The minimum atomic E-state index is -4.35. The lowest BCUT2D eigenvalue weighted by Gasteiger charge is -2.41. The van der Waals surface area contributed by atoms with Crippen LogP contribution in [0.4, 0.5) is 0 Å². The number of nitrogens with zero attached hydrogens (tertiary/aromatic N) is 3. The lowest BCUT2D eigenvalue weighted by Crippen LogP contribution is -2.47. The second-order valence-corrected chi connectivity index (χ2v) is 23.3. The molecule has 77 heavy (non-hydrogen) atoms. The fourth-order valence-corrected chi connectivity index (χ4v) is 12.2. The van der Waals surface area contributed by atoms with Gasteiger partial charge in [-0.2, -0.15) is 0 Å². The molecule has 0 N–H and O–H groups in total. The summed E-state index contributed by atoms with van der Waals surface area (Å²) in [6.07, 6.45) is 1.97. The SMILES string of the molecule is C[N+](C)(COP(=O)(OC[N+](C)(C)[C@@H](CCOc1cccc2ccccc12)c1ccccc1)OC[N+](C)(C)[C@@H](CCOc1cccc2ccccc12)c1ccccc1)[C@@H](CCOc1cccc2ccccc12)c1ccccc1. The van der Waals surface area contributed by atoms with Crippen molar-refractivity contribution in [3.8, 4) is 17.2 Å². The van der Waals surface area contributed by atoms with E-state index in [1.807, 2.05) is 91.0 Å². The molecule has 0 spiro atoms. The summed E-state index contributed by atoms with van der Waals surface area (Å²) in [5.74, 6) is 2.52. The minimum Gasteiger partial charge on any atom is -0.493 e. The summed E-state index contributed by atoms with van der Waals surface area (Å²) in [5.41, 5.74) is 3.34. The number of fused-ring (bicyclic) bond motifs is 3. The van der Waals surface area contributed by atoms with E-state index in [4.69, 9.17) is 27.8 Å². The zero-order valence-corrected chi connectivity index (χ0v) is 46.4. The molecule has 10 nitrogen and oxygen atoms in total. The van der Waals surface area contributed by atoms with Crippen LogP contribution in [0, 0.1) is 0 Å². The van der Waals surface area contributed by atoms with Gasteiger partial charge < -0.3 is 14.2 Å². The molecule has 3 atom stereocenters. The highest BCUT2D eigenvalue weighted by Gasteiger charge is 2.42. The van der Waals surface area contributed by atoms with Crippen LogP contribution in [0.15, 0.2) is 218 Å². The maximum absolute atomic E-state index is 15.8. The molecule has 0 fully saturated rings. The van der Waals surface area contributed by atoms with Gasteiger partial charge in [0, 0.05) is 52.1 Å². The Hall–Kier alpha value is -6.85. The first-order valence-electron chi connectivity index (χ1n) is 26.8. The zero-order chi connectivity index (χ0) is 53.7. The molecule has 0 unspecified atom stereocenters. The molecule has 0 amide bonds. The van der Waals surface area contributed by atoms with Gasteiger partial charge in [0.25, 0.3) is 0 Å². The summed E-state index contributed by atoms with van der Waals surface area (Å²) < 4.78 is 56.6. The number of ether oxygens (including phenoxy) is 3. The highest BCUT2D eigenvalue weighted by molar-refractivity contribution is 7.48. The maximum Gasteiger partial charge on any atom is 0.488 e. The molecule has 0 aromatic heterocycles. The predicted molar refractivity (Wildman–Crippen MR) is 312 cm³/mol. The highest BCUT2D eigenvalue weighted by Crippen LogP contribution is 2.52. The second kappa shape index (κ2) is 25.1. The lowest BCUT2D eigenvalue weighted by molar-refractivity contribution is -0.942. The third-order valence-electron chi connectivity index (χ3n) is 14.9. The molecule has 0 aliphatic carbocycles. The van der Waals surface area contributed by atoms with Crippen molar-refractivity contribution in [1.29, 1.82) is 0 Å². The first kappa shape index (κ1) is 54.9. The summed E-state index contributed by atoms with van der Waals surface area (Å²) in [4.78, 5) is 0. The number of hydrogen-bond acceptors (Lipinski definition) is 7. The van der Waals surface area contributed by atoms with E-state index in [1.165, 1.54) is 0 Å². The van der Waals surface area contributed by atoms with Gasteiger partial charge in [0.2, 0.25) is 0 Å². The van der Waals surface area contributed by atoms with E-state index in [1.54, 1.807) is 0 Å². The quantitative estimate of drug-likeness (QED) is 0.0289. The molecule has 0 bridgehead atoms. The lowest BCUT2D eigenvalue weighted by atomic mass is 10.0. The first-order valence-corrected chi connectivity index (χ1v) is 28.2. The Labute approximate surface area is 455 Å². The van der Waals surface area contributed by atoms with Gasteiger partial charge in [-0.05, 0) is 34.4 Å². The molecule has 0 heterocycles. The Morgan fingerprint density at radius 3 is 0.857 bits per heavy atom. The summed E-state index contributed by atoms with van der Waals surface area (Å²) >= 11 is 0. The molecular weight excluding hydrogens is 978 g/mol. The number of rotatable bonds is 27. The summed E-state index contributed by atoms with van der Waals surface area (Å²) in [6.45, 7) is 1.42. The monoisotopic (exact) mass is 1050 g/mol. The van der Waals surface area contributed by atoms with Crippen molar-refractivity contribution in [3.05, 3.63) is 235 Å². The van der Waals surface area contributed by atoms with Crippen LogP contribution in [0.1, 0.15) is 54.1 Å². The van der Waals surface area contributed by atoms with Crippen LogP contribution in [0.2, 0.25) is 0 Å². The van der Waals surface area contributed by atoms with Gasteiger partial charge >= 0.3 is 7.82 Å². The van der Waals surface area contributed by atoms with Gasteiger partial charge in [-0.15, -0.1) is 0 Å². The molecule has 0 radical (unpaired) electrons.